The largest absolute Gasteiger partial charge is 0.394 e. The summed E-state index contributed by atoms with van der Waals surface area (Å²) in [6, 6.07) is 10.8. The van der Waals surface area contributed by atoms with Gasteiger partial charge in [0, 0.05) is 16.0 Å². The summed E-state index contributed by atoms with van der Waals surface area (Å²) in [7, 11) is 0. The van der Waals surface area contributed by atoms with Crippen LogP contribution in [0.5, 0.6) is 0 Å². The quantitative estimate of drug-likeness (QED) is 0.720. The van der Waals surface area contributed by atoms with Gasteiger partial charge in [0.1, 0.15) is 5.82 Å². The minimum Gasteiger partial charge on any atom is -0.394 e. The lowest BCUT2D eigenvalue weighted by Crippen LogP contribution is -2.04. The molecule has 0 spiro atoms. The zero-order chi connectivity index (χ0) is 16.2. The van der Waals surface area contributed by atoms with Gasteiger partial charge >= 0.3 is 0 Å². The van der Waals surface area contributed by atoms with E-state index in [4.69, 9.17) is 5.11 Å². The predicted octanol–water partition coefficient (Wildman–Crippen LogP) is 3.92. The molecule has 0 fully saturated rings. The van der Waals surface area contributed by atoms with Gasteiger partial charge in [-0.3, -0.25) is 4.68 Å². The molecule has 120 valence electrons. The fourth-order valence-electron chi connectivity index (χ4n) is 2.34. The van der Waals surface area contributed by atoms with Crippen molar-refractivity contribution in [2.24, 2.45) is 0 Å². The summed E-state index contributed by atoms with van der Waals surface area (Å²) in [6.07, 6.45) is 3.63. The van der Waals surface area contributed by atoms with Crippen LogP contribution in [0.15, 0.2) is 48.8 Å². The van der Waals surface area contributed by atoms with Crippen LogP contribution < -0.4 is 5.32 Å². The lowest BCUT2D eigenvalue weighted by Gasteiger charge is -2.11. The molecule has 0 saturated heterocycles. The number of thiophene rings is 1. The number of hydrogen-bond donors (Lipinski definition) is 2. The molecule has 4 nitrogen and oxygen atoms in total. The maximum absolute atomic E-state index is 13.0. The van der Waals surface area contributed by atoms with E-state index < -0.39 is 0 Å². The lowest BCUT2D eigenvalue weighted by molar-refractivity contribution is 0.269. The van der Waals surface area contributed by atoms with E-state index in [0.29, 0.717) is 6.54 Å². The smallest absolute Gasteiger partial charge is 0.123 e. The number of anilines is 1. The third kappa shape index (κ3) is 3.78. The van der Waals surface area contributed by atoms with Gasteiger partial charge in [0.15, 0.2) is 0 Å². The van der Waals surface area contributed by atoms with Crippen LogP contribution >= 0.6 is 11.3 Å². The normalized spacial score (nSPS) is 12.3. The van der Waals surface area contributed by atoms with Gasteiger partial charge in [0.25, 0.3) is 0 Å². The van der Waals surface area contributed by atoms with Crippen molar-refractivity contribution < 1.29 is 9.50 Å². The van der Waals surface area contributed by atoms with Crippen molar-refractivity contribution in [3.05, 3.63) is 59.5 Å². The molecule has 2 aromatic heterocycles. The number of rotatable bonds is 6. The second-order valence-electron chi connectivity index (χ2n) is 5.29. The molecule has 3 aromatic rings. The van der Waals surface area contributed by atoms with Crippen molar-refractivity contribution in [3.8, 4) is 10.4 Å². The zero-order valence-corrected chi connectivity index (χ0v) is 13.6. The van der Waals surface area contributed by atoms with Gasteiger partial charge in [-0.05, 0) is 36.8 Å². The van der Waals surface area contributed by atoms with E-state index in [-0.39, 0.29) is 18.5 Å². The van der Waals surface area contributed by atoms with Gasteiger partial charge in [-0.15, -0.1) is 11.3 Å². The Labute approximate surface area is 138 Å². The Morgan fingerprint density at radius 1 is 1.26 bits per heavy atom. The minimum atomic E-state index is -0.222. The molecule has 0 aliphatic carbocycles. The number of aromatic nitrogens is 2. The number of hydrogen-bond acceptors (Lipinski definition) is 4. The summed E-state index contributed by atoms with van der Waals surface area (Å²) in [5.41, 5.74) is 1.94. The number of nitrogens with one attached hydrogen (secondary N) is 1. The molecule has 0 bridgehead atoms. The second kappa shape index (κ2) is 6.93. The Morgan fingerprint density at radius 2 is 2.04 bits per heavy atom. The first kappa shape index (κ1) is 15.7. The fourth-order valence-corrected chi connectivity index (χ4v) is 3.35. The number of aliphatic hydroxyl groups excluding tert-OH is 1. The van der Waals surface area contributed by atoms with E-state index in [9.17, 15) is 4.39 Å². The molecule has 2 N–H and O–H groups in total. The highest BCUT2D eigenvalue weighted by atomic mass is 32.1. The Kier molecular flexibility index (Phi) is 4.73. The average Bonchev–Trinajstić information content (AvgIpc) is 3.18. The van der Waals surface area contributed by atoms with Gasteiger partial charge < -0.3 is 10.4 Å². The molecular formula is C17H18FN3OS. The fraction of sp³-hybridized carbons (Fsp3) is 0.235. The Balaban J connectivity index is 1.70. The van der Waals surface area contributed by atoms with Gasteiger partial charge in [0.2, 0.25) is 0 Å². The van der Waals surface area contributed by atoms with Gasteiger partial charge in [-0.25, -0.2) is 4.39 Å². The topological polar surface area (TPSA) is 50.1 Å². The third-order valence-corrected chi connectivity index (χ3v) is 4.84. The monoisotopic (exact) mass is 331 g/mol. The first-order valence-corrected chi connectivity index (χ1v) is 8.23. The van der Waals surface area contributed by atoms with Crippen LogP contribution in [0.1, 0.15) is 17.8 Å². The molecule has 6 heteroatoms. The number of benzene rings is 1. The van der Waals surface area contributed by atoms with Crippen molar-refractivity contribution in [3.63, 3.8) is 0 Å². The molecule has 23 heavy (non-hydrogen) atoms. The van der Waals surface area contributed by atoms with Crippen LogP contribution in [0, 0.1) is 5.82 Å². The molecule has 3 rings (SSSR count). The van der Waals surface area contributed by atoms with Gasteiger partial charge in [0.05, 0.1) is 31.1 Å². The lowest BCUT2D eigenvalue weighted by atomic mass is 10.2. The first-order chi connectivity index (χ1) is 11.2. The summed E-state index contributed by atoms with van der Waals surface area (Å²) < 4.78 is 14.7. The van der Waals surface area contributed by atoms with Crippen molar-refractivity contribution in [1.82, 2.24) is 9.78 Å². The van der Waals surface area contributed by atoms with Crippen LogP contribution in [0.4, 0.5) is 10.1 Å². The van der Waals surface area contributed by atoms with Crippen LogP contribution in [-0.4, -0.2) is 21.5 Å². The number of nitrogens with zero attached hydrogens (tertiary/aromatic N) is 2. The van der Waals surface area contributed by atoms with Crippen molar-refractivity contribution in [2.45, 2.75) is 19.5 Å². The predicted molar refractivity (Wildman–Crippen MR) is 91.1 cm³/mol. The molecule has 0 saturated carbocycles. The standard InChI is InChI=1S/C17H18FN3OS/c1-12(20-15-10-19-21(11-15)8-9-22)16-6-7-17(23-16)13-2-4-14(18)5-3-13/h2-7,10-12,20,22H,8-9H2,1H3. The third-order valence-electron chi connectivity index (χ3n) is 3.53. The summed E-state index contributed by atoms with van der Waals surface area (Å²) in [5, 5.41) is 16.5. The molecule has 1 unspecified atom stereocenters. The molecule has 2 heterocycles. The zero-order valence-electron chi connectivity index (χ0n) is 12.7. The van der Waals surface area contributed by atoms with E-state index in [1.165, 1.54) is 17.0 Å². The highest BCUT2D eigenvalue weighted by Crippen LogP contribution is 2.32. The number of aliphatic hydroxyl groups is 1. The highest BCUT2D eigenvalue weighted by molar-refractivity contribution is 7.15. The molecule has 0 aliphatic rings. The van der Waals surface area contributed by atoms with Crippen LogP contribution in [0.25, 0.3) is 10.4 Å². The summed E-state index contributed by atoms with van der Waals surface area (Å²) >= 11 is 1.68. The van der Waals surface area contributed by atoms with Crippen LogP contribution in [0.3, 0.4) is 0 Å². The van der Waals surface area contributed by atoms with E-state index in [1.54, 1.807) is 34.3 Å². The second-order valence-corrected chi connectivity index (χ2v) is 6.41. The number of halogens is 1. The van der Waals surface area contributed by atoms with Gasteiger partial charge in [-0.1, -0.05) is 12.1 Å². The van der Waals surface area contributed by atoms with Crippen molar-refractivity contribution >= 4 is 17.0 Å². The maximum Gasteiger partial charge on any atom is 0.123 e. The molecule has 1 aromatic carbocycles. The van der Waals surface area contributed by atoms with E-state index in [2.05, 4.69) is 29.5 Å². The Hall–Kier alpha value is -2.18. The van der Waals surface area contributed by atoms with E-state index >= 15 is 0 Å². The van der Waals surface area contributed by atoms with Crippen molar-refractivity contribution in [1.29, 1.82) is 0 Å². The Bertz CT molecular complexity index is 766. The first-order valence-electron chi connectivity index (χ1n) is 7.41. The minimum absolute atomic E-state index is 0.0721. The Morgan fingerprint density at radius 3 is 2.78 bits per heavy atom. The molecular weight excluding hydrogens is 313 g/mol. The maximum atomic E-state index is 13.0. The SMILES string of the molecule is CC(Nc1cnn(CCO)c1)c1ccc(-c2ccc(F)cc2)s1. The summed E-state index contributed by atoms with van der Waals surface area (Å²) in [4.78, 5) is 2.31. The van der Waals surface area contributed by atoms with Gasteiger partial charge in [-0.2, -0.15) is 5.10 Å². The highest BCUT2D eigenvalue weighted by Gasteiger charge is 2.11. The van der Waals surface area contributed by atoms with Crippen LogP contribution in [-0.2, 0) is 6.54 Å². The van der Waals surface area contributed by atoms with Crippen LogP contribution in [0.2, 0.25) is 0 Å². The summed E-state index contributed by atoms with van der Waals surface area (Å²) in [5.74, 6) is -0.222. The summed E-state index contributed by atoms with van der Waals surface area (Å²) in [6.45, 7) is 2.65. The van der Waals surface area contributed by atoms with E-state index in [0.717, 1.165) is 16.1 Å². The molecule has 0 amide bonds. The molecule has 0 aliphatic heterocycles. The molecule has 0 radical (unpaired) electrons. The van der Waals surface area contributed by atoms with E-state index in [1.807, 2.05) is 6.20 Å². The average molecular weight is 331 g/mol. The molecule has 1 atom stereocenters. The van der Waals surface area contributed by atoms with Crippen molar-refractivity contribution in [2.75, 3.05) is 11.9 Å².